The number of carboxylic acid groups (broad SMARTS) is 1. The summed E-state index contributed by atoms with van der Waals surface area (Å²) in [4.78, 5) is 127. The van der Waals surface area contributed by atoms with Crippen LogP contribution in [0.15, 0.2) is 83.9 Å². The number of hydrogen-bond donors (Lipinski definition) is 15. The lowest BCUT2D eigenvalue weighted by molar-refractivity contribution is -0.142. The lowest BCUT2D eigenvalue weighted by Crippen LogP contribution is -2.62. The topological polar surface area (TPSA) is 435 Å². The molecule has 19 N–H and O–H groups in total. The number of amides is 8. The highest BCUT2D eigenvalue weighted by atomic mass is 16.4. The van der Waals surface area contributed by atoms with Crippen molar-refractivity contribution in [1.82, 2.24) is 37.2 Å². The third-order valence-electron chi connectivity index (χ3n) is 12.7. The van der Waals surface area contributed by atoms with Crippen molar-refractivity contribution >= 4 is 59.2 Å². The van der Waals surface area contributed by atoms with Gasteiger partial charge in [-0.05, 0) is 91.8 Å². The van der Waals surface area contributed by atoms with Crippen molar-refractivity contribution in [2.45, 2.75) is 147 Å². The van der Waals surface area contributed by atoms with Crippen LogP contribution in [0, 0.1) is 11.8 Å². The van der Waals surface area contributed by atoms with Crippen molar-refractivity contribution in [3.8, 4) is 11.5 Å². The molecule has 3 aromatic carbocycles. The number of aliphatic hydroxyl groups is 1. The zero-order chi connectivity index (χ0) is 58.9. The van der Waals surface area contributed by atoms with Crippen LogP contribution in [-0.2, 0) is 62.4 Å². The first-order chi connectivity index (χ1) is 37.3. The van der Waals surface area contributed by atoms with Gasteiger partial charge in [-0.15, -0.1) is 0 Å². The number of aliphatic carboxylic acids is 1. The molecular weight excluding hydrogens is 1020 g/mol. The molecule has 25 nitrogen and oxygen atoms in total. The predicted octanol–water partition coefficient (Wildman–Crippen LogP) is -1.28. The molecule has 0 fully saturated rings. The number of guanidine groups is 1. The van der Waals surface area contributed by atoms with Gasteiger partial charge in [0.25, 0.3) is 0 Å². The van der Waals surface area contributed by atoms with Gasteiger partial charge < -0.3 is 80.6 Å². The normalized spacial score (nSPS) is 14.9. The minimum atomic E-state index is -1.72. The number of carbonyl (C=O) groups excluding carboxylic acids is 8. The minimum absolute atomic E-state index is 0.00870. The van der Waals surface area contributed by atoms with Crippen molar-refractivity contribution in [3.63, 3.8) is 0 Å². The summed E-state index contributed by atoms with van der Waals surface area (Å²) in [5.74, 6) is -9.64. The summed E-state index contributed by atoms with van der Waals surface area (Å²) in [7, 11) is 0. The molecule has 0 aliphatic rings. The minimum Gasteiger partial charge on any atom is -0.508 e. The van der Waals surface area contributed by atoms with Gasteiger partial charge in [-0.1, -0.05) is 88.7 Å². The number of nitrogens with one attached hydrogen (secondary N) is 7. The summed E-state index contributed by atoms with van der Waals surface area (Å²) >= 11 is 0. The number of aliphatic imine (C=N–C) groups is 1. The fraction of sp³-hybridized carbons (Fsp3) is 0.481. The molecular formula is C54H78N12O13. The second-order valence-corrected chi connectivity index (χ2v) is 19.9. The van der Waals surface area contributed by atoms with Gasteiger partial charge in [-0.25, -0.2) is 4.79 Å². The van der Waals surface area contributed by atoms with Crippen molar-refractivity contribution in [2.24, 2.45) is 39.8 Å². The van der Waals surface area contributed by atoms with E-state index in [-0.39, 0.29) is 81.3 Å². The number of aliphatic hydroxyl groups excluding tert-OH is 1. The Morgan fingerprint density at radius 2 is 0.975 bits per heavy atom. The van der Waals surface area contributed by atoms with Crippen LogP contribution >= 0.6 is 0 Å². The number of benzene rings is 3. The van der Waals surface area contributed by atoms with Crippen molar-refractivity contribution in [1.29, 1.82) is 0 Å². The second kappa shape index (κ2) is 32.4. The van der Waals surface area contributed by atoms with E-state index in [0.717, 1.165) is 0 Å². The number of hydrogen-bond acceptors (Lipinski definition) is 14. The SMILES string of the molecule is CC[C@H](C)[C@H](NC(=O)[C@H](CCCN=C(N)N)NC(=O)[C@H](CCC(N)=O)NC(=O)[C@H](Cc1ccccc1)NC(=O)[C@@H](N)Cc1ccc(O)cc1)C(=O)N[C@H](C(=O)N[C@@H](CC(C)C)C(=O)N[C@@H](Cc1ccc(O)cc1)C(=O)O)[C@@H](C)O. The van der Waals surface area contributed by atoms with Crippen LogP contribution in [-0.4, -0.2) is 141 Å². The van der Waals surface area contributed by atoms with Crippen LogP contribution < -0.4 is 60.2 Å². The molecule has 0 heterocycles. The molecule has 0 unspecified atom stereocenters. The van der Waals surface area contributed by atoms with Crippen molar-refractivity contribution in [2.75, 3.05) is 6.54 Å². The molecule has 8 amide bonds. The first-order valence-corrected chi connectivity index (χ1v) is 26.0. The van der Waals surface area contributed by atoms with Crippen LogP contribution in [0.25, 0.3) is 0 Å². The molecule has 10 atom stereocenters. The van der Waals surface area contributed by atoms with E-state index < -0.39 is 120 Å². The molecule has 0 saturated carbocycles. The zero-order valence-electron chi connectivity index (χ0n) is 45.1. The van der Waals surface area contributed by atoms with Gasteiger partial charge in [0.2, 0.25) is 47.3 Å². The average molecular weight is 1100 g/mol. The van der Waals surface area contributed by atoms with Crippen molar-refractivity contribution in [3.05, 3.63) is 95.6 Å². The maximum Gasteiger partial charge on any atom is 0.326 e. The van der Waals surface area contributed by atoms with Gasteiger partial charge in [0.05, 0.1) is 12.1 Å². The number of phenols is 2. The van der Waals surface area contributed by atoms with E-state index in [1.54, 1.807) is 70.2 Å². The van der Waals surface area contributed by atoms with Crippen molar-refractivity contribution < 1.29 is 63.6 Å². The number of aromatic hydroxyl groups is 2. The van der Waals surface area contributed by atoms with E-state index in [2.05, 4.69) is 42.2 Å². The highest BCUT2D eigenvalue weighted by molar-refractivity contribution is 5.98. The molecule has 0 aromatic heterocycles. The monoisotopic (exact) mass is 1100 g/mol. The predicted molar refractivity (Wildman–Crippen MR) is 292 cm³/mol. The lowest BCUT2D eigenvalue weighted by Gasteiger charge is -2.30. The van der Waals surface area contributed by atoms with Gasteiger partial charge in [0, 0.05) is 25.8 Å². The molecule has 3 aromatic rings. The maximum atomic E-state index is 14.4. The Bertz CT molecular complexity index is 2550. The molecule has 0 spiro atoms. The third kappa shape index (κ3) is 23.0. The Labute approximate surface area is 458 Å². The highest BCUT2D eigenvalue weighted by Gasteiger charge is 2.37. The van der Waals surface area contributed by atoms with Crippen LogP contribution in [0.4, 0.5) is 0 Å². The Kier molecular flexibility index (Phi) is 26.7. The standard InChI is InChI=1S/C54H78N12O13/c1-6-30(4)44(51(76)66-45(31(5)67)52(77)63-40(25-29(2)3)49(74)64-42(53(78)79)28-34-16-20-36(69)21-17-34)65-48(73)38(13-10-24-59-54(57)58)60-47(72)39(22-23-43(56)70)61-50(75)41(27-32-11-8-7-9-12-32)62-46(71)37(55)26-33-14-18-35(68)19-15-33/h7-9,11-12,14-21,29-31,37-42,44-45,67-69H,6,10,13,22-28,55H2,1-5H3,(H2,56,70)(H,60,72)(H,61,75)(H,62,71)(H,63,77)(H,64,74)(H,65,73)(H,66,76)(H,78,79)(H4,57,58,59)/t30-,31+,37-,38-,39-,40-,41-,42-,44-,45-/m0/s1. The fourth-order valence-electron chi connectivity index (χ4n) is 8.10. The van der Waals surface area contributed by atoms with E-state index in [1.807, 2.05) is 0 Å². The summed E-state index contributed by atoms with van der Waals surface area (Å²) in [5.41, 5.74) is 24.5. The van der Waals surface area contributed by atoms with E-state index in [4.69, 9.17) is 22.9 Å². The summed E-state index contributed by atoms with van der Waals surface area (Å²) in [6.07, 6.45) is -2.31. The Morgan fingerprint density at radius 1 is 0.532 bits per heavy atom. The fourth-order valence-corrected chi connectivity index (χ4v) is 8.10. The third-order valence-corrected chi connectivity index (χ3v) is 12.7. The van der Waals surface area contributed by atoms with Crippen LogP contribution in [0.3, 0.4) is 0 Å². The number of nitrogens with two attached hydrogens (primary N) is 4. The van der Waals surface area contributed by atoms with Gasteiger partial charge in [-0.2, -0.15) is 0 Å². The molecule has 0 radical (unpaired) electrons. The smallest absolute Gasteiger partial charge is 0.326 e. The first-order valence-electron chi connectivity index (χ1n) is 26.0. The van der Waals surface area contributed by atoms with E-state index in [1.165, 1.54) is 43.3 Å². The van der Waals surface area contributed by atoms with Gasteiger partial charge in [0.1, 0.15) is 53.8 Å². The van der Waals surface area contributed by atoms with E-state index in [0.29, 0.717) is 16.7 Å². The number of carboxylic acids is 1. The summed E-state index contributed by atoms with van der Waals surface area (Å²) in [6.45, 7) is 8.04. The molecule has 0 saturated heterocycles. The Balaban J connectivity index is 1.89. The Morgan fingerprint density at radius 3 is 1.49 bits per heavy atom. The van der Waals surface area contributed by atoms with Crippen LogP contribution in [0.2, 0.25) is 0 Å². The highest BCUT2D eigenvalue weighted by Crippen LogP contribution is 2.16. The zero-order valence-corrected chi connectivity index (χ0v) is 45.1. The van der Waals surface area contributed by atoms with E-state index >= 15 is 0 Å². The number of primary amides is 1. The Hall–Kier alpha value is -8.32. The lowest BCUT2D eigenvalue weighted by atomic mass is 9.96. The number of rotatable bonds is 33. The van der Waals surface area contributed by atoms with Gasteiger partial charge in [-0.3, -0.25) is 43.3 Å². The second-order valence-electron chi connectivity index (χ2n) is 19.9. The molecule has 0 aliphatic heterocycles. The van der Waals surface area contributed by atoms with Crippen LogP contribution in [0.5, 0.6) is 11.5 Å². The maximum absolute atomic E-state index is 14.4. The average Bonchev–Trinajstić information content (AvgIpc) is 3.39. The molecule has 432 valence electrons. The molecule has 79 heavy (non-hydrogen) atoms. The summed E-state index contributed by atoms with van der Waals surface area (Å²) in [5, 5.41) is 58.1. The number of phenolic OH excluding ortho intramolecular Hbond substituents is 2. The quantitative estimate of drug-likeness (QED) is 0.0192. The first kappa shape index (κ1) is 65.0. The number of nitrogens with zero attached hydrogens (tertiary/aromatic N) is 1. The molecule has 0 bridgehead atoms. The van der Waals surface area contributed by atoms with Gasteiger partial charge in [0.15, 0.2) is 5.96 Å². The number of carbonyl (C=O) groups is 9. The summed E-state index contributed by atoms with van der Waals surface area (Å²) in [6, 6.07) is 8.94. The molecule has 25 heteroatoms. The van der Waals surface area contributed by atoms with Gasteiger partial charge >= 0.3 is 5.97 Å². The van der Waals surface area contributed by atoms with E-state index in [9.17, 15) is 63.6 Å². The molecule has 3 rings (SSSR count). The van der Waals surface area contributed by atoms with Crippen LogP contribution in [0.1, 0.15) is 89.8 Å². The molecule has 0 aliphatic carbocycles. The summed E-state index contributed by atoms with van der Waals surface area (Å²) < 4.78 is 0. The largest absolute Gasteiger partial charge is 0.508 e.